The van der Waals surface area contributed by atoms with Gasteiger partial charge in [0.1, 0.15) is 11.6 Å². The average Bonchev–Trinajstić information content (AvgIpc) is 2.26. The molecular formula is C15H30CaO2. The van der Waals surface area contributed by atoms with Gasteiger partial charge in [-0.05, 0) is 13.3 Å². The van der Waals surface area contributed by atoms with Crippen molar-refractivity contribution >= 4 is 49.3 Å². The quantitative estimate of drug-likeness (QED) is 0.304. The zero-order valence-corrected chi connectivity index (χ0v) is 14.5. The van der Waals surface area contributed by atoms with Crippen LogP contribution < -0.4 is 0 Å². The minimum atomic E-state index is -0.00840. The first-order valence-electron chi connectivity index (χ1n) is 7.18. The van der Waals surface area contributed by atoms with Crippen molar-refractivity contribution in [3.8, 4) is 0 Å². The smallest absolute Gasteiger partial charge is 1.00 e. The number of Topliss-reactive ketones (excluding diaryl/α,β-unsaturated/α-hetero) is 2. The molecule has 0 aromatic heterocycles. The van der Waals surface area contributed by atoms with Gasteiger partial charge in [0.2, 0.25) is 0 Å². The molecule has 104 valence electrons. The Bertz CT molecular complexity index is 224. The second-order valence-corrected chi connectivity index (χ2v) is 5.00. The number of carbonyl (C=O) groups is 2. The van der Waals surface area contributed by atoms with E-state index in [1.165, 1.54) is 51.9 Å². The Morgan fingerprint density at radius 2 is 1.28 bits per heavy atom. The predicted octanol–water partition coefficient (Wildman–Crippen LogP) is 4.30. The minimum absolute atomic E-state index is 0. The van der Waals surface area contributed by atoms with Crippen molar-refractivity contribution in [2.45, 2.75) is 84.5 Å². The first-order valence-corrected chi connectivity index (χ1v) is 7.18. The van der Waals surface area contributed by atoms with Crippen molar-refractivity contribution in [1.29, 1.82) is 0 Å². The van der Waals surface area contributed by atoms with E-state index in [1.54, 1.807) is 0 Å². The first-order chi connectivity index (χ1) is 8.16. The van der Waals surface area contributed by atoms with Crippen LogP contribution in [0.3, 0.4) is 0 Å². The van der Waals surface area contributed by atoms with E-state index in [2.05, 4.69) is 6.92 Å². The molecule has 0 fully saturated rings. The summed E-state index contributed by atoms with van der Waals surface area (Å²) in [5.41, 5.74) is 0. The van der Waals surface area contributed by atoms with Gasteiger partial charge in [-0.2, -0.15) is 0 Å². The number of hydrogen-bond donors (Lipinski definition) is 0. The summed E-state index contributed by atoms with van der Waals surface area (Å²) < 4.78 is 0. The van der Waals surface area contributed by atoms with Crippen LogP contribution in [-0.4, -0.2) is 49.3 Å². The molecule has 0 spiro atoms. The van der Waals surface area contributed by atoms with Crippen molar-refractivity contribution in [1.82, 2.24) is 0 Å². The molecule has 0 saturated heterocycles. The molecule has 2 nitrogen and oxygen atoms in total. The third kappa shape index (κ3) is 16.6. The minimum Gasteiger partial charge on any atom is -1.00 e. The van der Waals surface area contributed by atoms with E-state index in [0.717, 1.165) is 12.8 Å². The fourth-order valence-electron chi connectivity index (χ4n) is 2.00. The van der Waals surface area contributed by atoms with Gasteiger partial charge in [0.25, 0.3) is 0 Å². The molecule has 0 aromatic carbocycles. The standard InChI is InChI=1S/C15H28O2.Ca.2H/c1-3-4-5-6-7-8-9-10-11-12-15(17)13-14(2)16;;;/h3-13H2,1-2H3;;;/q;+2;2*-1. The van der Waals surface area contributed by atoms with E-state index in [1.807, 2.05) is 0 Å². The van der Waals surface area contributed by atoms with Crippen LogP contribution in [0.2, 0.25) is 0 Å². The number of rotatable bonds is 12. The molecule has 3 heteroatoms. The zero-order chi connectivity index (χ0) is 12.9. The molecule has 18 heavy (non-hydrogen) atoms. The summed E-state index contributed by atoms with van der Waals surface area (Å²) in [4.78, 5) is 21.9. The van der Waals surface area contributed by atoms with Gasteiger partial charge in [-0.1, -0.05) is 58.3 Å². The second kappa shape index (κ2) is 15.7. The van der Waals surface area contributed by atoms with Gasteiger partial charge in [-0.15, -0.1) is 0 Å². The molecule has 0 atom stereocenters. The Kier molecular flexibility index (Phi) is 18.2. The van der Waals surface area contributed by atoms with Crippen LogP contribution in [0.5, 0.6) is 0 Å². The zero-order valence-electron chi connectivity index (χ0n) is 14.3. The molecule has 0 bridgehead atoms. The molecule has 0 amide bonds. The summed E-state index contributed by atoms with van der Waals surface area (Å²) >= 11 is 0. The molecule has 0 saturated carbocycles. The van der Waals surface area contributed by atoms with Gasteiger partial charge in [-0.3, -0.25) is 9.59 Å². The maximum atomic E-state index is 11.2. The van der Waals surface area contributed by atoms with Gasteiger partial charge in [0.15, 0.2) is 0 Å². The average molecular weight is 282 g/mol. The van der Waals surface area contributed by atoms with Crippen molar-refractivity contribution < 1.29 is 12.4 Å². The first kappa shape index (κ1) is 20.9. The van der Waals surface area contributed by atoms with Crippen molar-refractivity contribution in [3.63, 3.8) is 0 Å². The van der Waals surface area contributed by atoms with Crippen molar-refractivity contribution in [2.75, 3.05) is 0 Å². The molecule has 0 radical (unpaired) electrons. The van der Waals surface area contributed by atoms with E-state index in [-0.39, 0.29) is 58.6 Å². The van der Waals surface area contributed by atoms with Gasteiger partial charge in [0.05, 0.1) is 6.42 Å². The SMILES string of the molecule is CCCCCCCCCCCC(=O)CC(C)=O.[Ca+2].[H-].[H-]. The summed E-state index contributed by atoms with van der Waals surface area (Å²) in [5, 5.41) is 0. The van der Waals surface area contributed by atoms with Crippen LogP contribution in [0.25, 0.3) is 0 Å². The molecule has 0 heterocycles. The molecular weight excluding hydrogens is 252 g/mol. The Labute approximate surface area is 145 Å². The van der Waals surface area contributed by atoms with Crippen LogP contribution in [0.1, 0.15) is 87.3 Å². The molecule has 0 aliphatic rings. The van der Waals surface area contributed by atoms with Gasteiger partial charge >= 0.3 is 37.7 Å². The van der Waals surface area contributed by atoms with E-state index in [9.17, 15) is 9.59 Å². The van der Waals surface area contributed by atoms with Gasteiger partial charge < -0.3 is 2.85 Å². The fraction of sp³-hybridized carbons (Fsp3) is 0.867. The maximum Gasteiger partial charge on any atom is 2.00 e. The van der Waals surface area contributed by atoms with E-state index in [4.69, 9.17) is 0 Å². The van der Waals surface area contributed by atoms with Crippen LogP contribution in [0.4, 0.5) is 0 Å². The summed E-state index contributed by atoms with van der Waals surface area (Å²) in [5.74, 6) is 0.103. The number of carbonyl (C=O) groups excluding carboxylic acids is 2. The van der Waals surface area contributed by atoms with Crippen LogP contribution in [0, 0.1) is 0 Å². The van der Waals surface area contributed by atoms with Crippen molar-refractivity contribution in [3.05, 3.63) is 0 Å². The van der Waals surface area contributed by atoms with Gasteiger partial charge in [-0.25, -0.2) is 0 Å². The summed E-state index contributed by atoms with van der Waals surface area (Å²) in [7, 11) is 0. The summed E-state index contributed by atoms with van der Waals surface area (Å²) in [6.07, 6.45) is 12.1. The Morgan fingerprint density at radius 3 is 1.72 bits per heavy atom. The third-order valence-corrected chi connectivity index (χ3v) is 3.01. The Hall–Kier alpha value is 0.600. The van der Waals surface area contributed by atoms with Crippen molar-refractivity contribution in [2.24, 2.45) is 0 Å². The van der Waals surface area contributed by atoms with E-state index < -0.39 is 0 Å². The van der Waals surface area contributed by atoms with Crippen LogP contribution in [0.15, 0.2) is 0 Å². The van der Waals surface area contributed by atoms with E-state index in [0.29, 0.717) is 6.42 Å². The topological polar surface area (TPSA) is 34.1 Å². The van der Waals surface area contributed by atoms with Gasteiger partial charge in [0, 0.05) is 6.42 Å². The largest absolute Gasteiger partial charge is 2.00 e. The fourth-order valence-corrected chi connectivity index (χ4v) is 2.00. The third-order valence-electron chi connectivity index (χ3n) is 3.01. The molecule has 0 aliphatic carbocycles. The van der Waals surface area contributed by atoms with Crippen LogP contribution in [-0.2, 0) is 9.59 Å². The normalized spacial score (nSPS) is 9.89. The molecule has 0 aromatic rings. The molecule has 0 unspecified atom stereocenters. The Morgan fingerprint density at radius 1 is 0.833 bits per heavy atom. The summed E-state index contributed by atoms with van der Waals surface area (Å²) in [6.45, 7) is 3.71. The molecule has 0 N–H and O–H groups in total. The number of hydrogen-bond acceptors (Lipinski definition) is 2. The second-order valence-electron chi connectivity index (χ2n) is 5.00. The van der Waals surface area contributed by atoms with E-state index >= 15 is 0 Å². The predicted molar refractivity (Wildman–Crippen MR) is 80.1 cm³/mol. The summed E-state index contributed by atoms with van der Waals surface area (Å²) in [6, 6.07) is 0. The number of ketones is 2. The monoisotopic (exact) mass is 282 g/mol. The number of unbranched alkanes of at least 4 members (excludes halogenated alkanes) is 8. The Balaban J connectivity index is -0.000000427. The maximum absolute atomic E-state index is 11.2. The van der Waals surface area contributed by atoms with Crippen LogP contribution >= 0.6 is 0 Å². The molecule has 0 rings (SSSR count). The molecule has 0 aliphatic heterocycles.